The fourth-order valence-corrected chi connectivity index (χ4v) is 2.80. The first-order chi connectivity index (χ1) is 10.7. The van der Waals surface area contributed by atoms with Crippen LogP contribution < -0.4 is 11.5 Å². The van der Waals surface area contributed by atoms with E-state index in [1.54, 1.807) is 12.5 Å². The average Bonchev–Trinajstić information content (AvgIpc) is 3.20. The van der Waals surface area contributed by atoms with Crippen LogP contribution in [-0.4, -0.2) is 0 Å². The minimum Gasteiger partial charge on any atom is -0.464 e. The van der Waals surface area contributed by atoms with Gasteiger partial charge in [-0.1, -0.05) is 12.1 Å². The van der Waals surface area contributed by atoms with Crippen molar-refractivity contribution in [1.82, 2.24) is 0 Å². The van der Waals surface area contributed by atoms with Gasteiger partial charge in [-0.05, 0) is 47.5 Å². The minimum absolute atomic E-state index is 0.288. The molecule has 0 spiro atoms. The molecule has 0 saturated carbocycles. The molecule has 2 aromatic heterocycles. The lowest BCUT2D eigenvalue weighted by atomic mass is 9.93. The van der Waals surface area contributed by atoms with Gasteiger partial charge in [-0.25, -0.2) is 0 Å². The smallest absolute Gasteiger partial charge is 0.133 e. The predicted octanol–water partition coefficient (Wildman–Crippen LogP) is 3.88. The lowest BCUT2D eigenvalue weighted by Crippen LogP contribution is -2.26. The molecule has 0 amide bonds. The molecule has 4 heteroatoms. The Kier molecular flexibility index (Phi) is 2.99. The van der Waals surface area contributed by atoms with Gasteiger partial charge in [0.2, 0.25) is 0 Å². The van der Waals surface area contributed by atoms with E-state index < -0.39 is 0 Å². The largest absolute Gasteiger partial charge is 0.464 e. The first kappa shape index (κ1) is 13.1. The molecule has 2 heterocycles. The third-order valence-corrected chi connectivity index (χ3v) is 4.11. The summed E-state index contributed by atoms with van der Waals surface area (Å²) in [5.74, 6) is 0. The van der Waals surface area contributed by atoms with Crippen molar-refractivity contribution < 1.29 is 8.83 Å². The summed E-state index contributed by atoms with van der Waals surface area (Å²) in [4.78, 5) is 0. The SMILES string of the molecule is NC(c1ccc2occc2c1)C(N)c1ccc2occc2c1. The van der Waals surface area contributed by atoms with E-state index in [4.69, 9.17) is 20.3 Å². The number of rotatable bonds is 3. The lowest BCUT2D eigenvalue weighted by molar-refractivity contribution is 0.574. The Morgan fingerprint density at radius 2 is 1.09 bits per heavy atom. The molecule has 0 aliphatic carbocycles. The summed E-state index contributed by atoms with van der Waals surface area (Å²) in [7, 11) is 0. The number of benzene rings is 2. The molecule has 4 nitrogen and oxygen atoms in total. The van der Waals surface area contributed by atoms with Crippen molar-refractivity contribution in [2.24, 2.45) is 11.5 Å². The first-order valence-electron chi connectivity index (χ1n) is 7.18. The summed E-state index contributed by atoms with van der Waals surface area (Å²) in [5.41, 5.74) is 16.4. The molecule has 4 N–H and O–H groups in total. The molecule has 4 aromatic rings. The average molecular weight is 292 g/mol. The summed E-state index contributed by atoms with van der Waals surface area (Å²) in [6, 6.07) is 15.1. The minimum atomic E-state index is -0.288. The standard InChI is InChI=1S/C18H16N2O2/c19-17(13-1-3-15-11(9-13)5-7-21-15)18(20)14-2-4-16-12(10-14)6-8-22-16/h1-10,17-18H,19-20H2. The summed E-state index contributed by atoms with van der Waals surface area (Å²) >= 11 is 0. The molecule has 0 aliphatic rings. The molecule has 0 bridgehead atoms. The summed E-state index contributed by atoms with van der Waals surface area (Å²) in [6.07, 6.45) is 3.35. The zero-order valence-electron chi connectivity index (χ0n) is 11.9. The number of nitrogens with two attached hydrogens (primary N) is 2. The van der Waals surface area contributed by atoms with Crippen LogP contribution in [0.2, 0.25) is 0 Å². The van der Waals surface area contributed by atoms with Crippen molar-refractivity contribution in [3.63, 3.8) is 0 Å². The Balaban J connectivity index is 1.69. The van der Waals surface area contributed by atoms with Crippen LogP contribution in [0, 0.1) is 0 Å². The van der Waals surface area contributed by atoms with Crippen molar-refractivity contribution in [2.45, 2.75) is 12.1 Å². The Morgan fingerprint density at radius 1 is 0.636 bits per heavy atom. The Morgan fingerprint density at radius 3 is 1.55 bits per heavy atom. The van der Waals surface area contributed by atoms with Crippen LogP contribution in [0.4, 0.5) is 0 Å². The second-order valence-corrected chi connectivity index (χ2v) is 5.49. The van der Waals surface area contributed by atoms with Crippen LogP contribution in [0.1, 0.15) is 23.2 Å². The first-order valence-corrected chi connectivity index (χ1v) is 7.18. The lowest BCUT2D eigenvalue weighted by Gasteiger charge is -2.21. The normalized spacial score (nSPS) is 14.5. The summed E-state index contributed by atoms with van der Waals surface area (Å²) in [5, 5.41) is 2.07. The maximum absolute atomic E-state index is 6.37. The van der Waals surface area contributed by atoms with Gasteiger partial charge < -0.3 is 20.3 Å². The van der Waals surface area contributed by atoms with Gasteiger partial charge in [0, 0.05) is 22.9 Å². The van der Waals surface area contributed by atoms with Crippen LogP contribution >= 0.6 is 0 Å². The second-order valence-electron chi connectivity index (χ2n) is 5.49. The van der Waals surface area contributed by atoms with E-state index in [1.807, 2.05) is 48.5 Å². The van der Waals surface area contributed by atoms with E-state index in [2.05, 4.69) is 0 Å². The van der Waals surface area contributed by atoms with Crippen LogP contribution in [0.25, 0.3) is 21.9 Å². The van der Waals surface area contributed by atoms with E-state index in [9.17, 15) is 0 Å². The molecule has 22 heavy (non-hydrogen) atoms. The molecule has 0 aliphatic heterocycles. The zero-order chi connectivity index (χ0) is 15.1. The van der Waals surface area contributed by atoms with Crippen molar-refractivity contribution in [1.29, 1.82) is 0 Å². The molecule has 4 rings (SSSR count). The highest BCUT2D eigenvalue weighted by Gasteiger charge is 2.18. The third kappa shape index (κ3) is 2.09. The second kappa shape index (κ2) is 5.02. The topological polar surface area (TPSA) is 78.3 Å². The van der Waals surface area contributed by atoms with Gasteiger partial charge in [0.05, 0.1) is 12.5 Å². The van der Waals surface area contributed by atoms with Crippen LogP contribution in [0.3, 0.4) is 0 Å². The fourth-order valence-electron chi connectivity index (χ4n) is 2.80. The number of fused-ring (bicyclic) bond motifs is 2. The van der Waals surface area contributed by atoms with E-state index in [1.165, 1.54) is 0 Å². The van der Waals surface area contributed by atoms with Crippen LogP contribution in [0.15, 0.2) is 69.9 Å². The molecular formula is C18H16N2O2. The molecule has 0 radical (unpaired) electrons. The van der Waals surface area contributed by atoms with Crippen LogP contribution in [-0.2, 0) is 0 Å². The van der Waals surface area contributed by atoms with Gasteiger partial charge >= 0.3 is 0 Å². The number of hydrogen-bond acceptors (Lipinski definition) is 4. The molecule has 2 atom stereocenters. The van der Waals surface area contributed by atoms with E-state index in [0.29, 0.717) is 0 Å². The third-order valence-electron chi connectivity index (χ3n) is 4.11. The molecule has 2 unspecified atom stereocenters. The molecule has 0 saturated heterocycles. The van der Waals surface area contributed by atoms with E-state index in [0.717, 1.165) is 33.1 Å². The Labute approximate surface area is 127 Å². The van der Waals surface area contributed by atoms with Crippen molar-refractivity contribution in [2.75, 3.05) is 0 Å². The molecular weight excluding hydrogens is 276 g/mol. The van der Waals surface area contributed by atoms with E-state index >= 15 is 0 Å². The molecule has 0 fully saturated rings. The maximum atomic E-state index is 6.37. The predicted molar refractivity (Wildman–Crippen MR) is 86.3 cm³/mol. The van der Waals surface area contributed by atoms with Crippen molar-refractivity contribution in [3.8, 4) is 0 Å². The van der Waals surface area contributed by atoms with Gasteiger partial charge in [0.15, 0.2) is 0 Å². The van der Waals surface area contributed by atoms with Crippen molar-refractivity contribution >= 4 is 21.9 Å². The van der Waals surface area contributed by atoms with E-state index in [-0.39, 0.29) is 12.1 Å². The highest BCUT2D eigenvalue weighted by Crippen LogP contribution is 2.29. The quantitative estimate of drug-likeness (QED) is 0.600. The van der Waals surface area contributed by atoms with Gasteiger partial charge in [-0.3, -0.25) is 0 Å². The van der Waals surface area contributed by atoms with Crippen LogP contribution in [0.5, 0.6) is 0 Å². The fraction of sp³-hybridized carbons (Fsp3) is 0.111. The molecule has 110 valence electrons. The van der Waals surface area contributed by atoms with Crippen molar-refractivity contribution in [3.05, 3.63) is 72.2 Å². The number of furan rings is 2. The highest BCUT2D eigenvalue weighted by molar-refractivity contribution is 5.79. The monoisotopic (exact) mass is 292 g/mol. The zero-order valence-corrected chi connectivity index (χ0v) is 11.9. The maximum Gasteiger partial charge on any atom is 0.133 e. The van der Waals surface area contributed by atoms with Gasteiger partial charge in [-0.2, -0.15) is 0 Å². The number of hydrogen-bond donors (Lipinski definition) is 2. The van der Waals surface area contributed by atoms with Gasteiger partial charge in [0.25, 0.3) is 0 Å². The highest BCUT2D eigenvalue weighted by atomic mass is 16.3. The van der Waals surface area contributed by atoms with Gasteiger partial charge in [-0.15, -0.1) is 0 Å². The summed E-state index contributed by atoms with van der Waals surface area (Å²) < 4.78 is 10.7. The summed E-state index contributed by atoms with van der Waals surface area (Å²) in [6.45, 7) is 0. The Hall–Kier alpha value is -2.56. The molecule has 2 aromatic carbocycles. The van der Waals surface area contributed by atoms with Gasteiger partial charge in [0.1, 0.15) is 11.2 Å². The Bertz CT molecular complexity index is 860.